The summed E-state index contributed by atoms with van der Waals surface area (Å²) in [5.41, 5.74) is 1.33. The minimum absolute atomic E-state index is 0.0649. The number of nitrogens with one attached hydrogen (secondary N) is 1. The fourth-order valence-electron chi connectivity index (χ4n) is 4.42. The van der Waals surface area contributed by atoms with Crippen molar-refractivity contribution in [2.24, 2.45) is 0 Å². The Balaban J connectivity index is 0.000000715. The first kappa shape index (κ1) is 32.8. The van der Waals surface area contributed by atoms with E-state index < -0.39 is 17.8 Å². The van der Waals surface area contributed by atoms with Crippen LogP contribution in [0.2, 0.25) is 0 Å². The number of ether oxygens (including phenoxy) is 1. The topological polar surface area (TPSA) is 125 Å². The van der Waals surface area contributed by atoms with Crippen molar-refractivity contribution in [3.63, 3.8) is 0 Å². The average Bonchev–Trinajstić information content (AvgIpc) is 3.47. The standard InChI is InChI=1S/C27H33N3O6.C6H12/c1-27(2,3)36-26(34)30(16-14-23(32)29-21-11-9-19(18-31)10-12-21)15-13-22-17-28-25(35-22)24(33)20-7-5-4-6-8-20;1-2-4-6-5-3-1/h4-12,17,24,31,33H,13-16,18H2,1-3H3,(H,29,32);1-6H2. The summed E-state index contributed by atoms with van der Waals surface area (Å²) >= 11 is 0. The largest absolute Gasteiger partial charge is 0.444 e. The molecule has 228 valence electrons. The molecule has 1 unspecified atom stereocenters. The number of nitrogens with zero attached hydrogens (tertiary/aromatic N) is 2. The second-order valence-electron chi connectivity index (χ2n) is 11.5. The molecule has 0 bridgehead atoms. The Morgan fingerprint density at radius 3 is 2.17 bits per heavy atom. The Morgan fingerprint density at radius 1 is 0.976 bits per heavy atom. The highest BCUT2D eigenvalue weighted by Crippen LogP contribution is 2.22. The Bertz CT molecular complexity index is 1210. The van der Waals surface area contributed by atoms with Crippen molar-refractivity contribution in [2.45, 2.75) is 90.4 Å². The smallest absolute Gasteiger partial charge is 0.410 e. The van der Waals surface area contributed by atoms with E-state index >= 15 is 0 Å². The maximum Gasteiger partial charge on any atom is 0.410 e. The summed E-state index contributed by atoms with van der Waals surface area (Å²) in [6, 6.07) is 15.9. The van der Waals surface area contributed by atoms with E-state index in [1.54, 1.807) is 57.2 Å². The second kappa shape index (κ2) is 16.7. The van der Waals surface area contributed by atoms with E-state index in [-0.39, 0.29) is 37.9 Å². The van der Waals surface area contributed by atoms with Crippen molar-refractivity contribution < 1.29 is 29.0 Å². The number of amides is 2. The number of rotatable bonds is 10. The monoisotopic (exact) mass is 579 g/mol. The van der Waals surface area contributed by atoms with Gasteiger partial charge in [0.2, 0.25) is 11.8 Å². The van der Waals surface area contributed by atoms with Crippen LogP contribution in [0, 0.1) is 0 Å². The molecule has 0 spiro atoms. The van der Waals surface area contributed by atoms with Gasteiger partial charge in [-0.1, -0.05) is 81.0 Å². The molecule has 2 aromatic carbocycles. The summed E-state index contributed by atoms with van der Waals surface area (Å²) < 4.78 is 11.2. The molecule has 0 radical (unpaired) electrons. The van der Waals surface area contributed by atoms with E-state index in [1.165, 1.54) is 49.6 Å². The van der Waals surface area contributed by atoms with Gasteiger partial charge >= 0.3 is 6.09 Å². The normalized spacial score (nSPS) is 13.8. The highest BCUT2D eigenvalue weighted by atomic mass is 16.6. The first-order chi connectivity index (χ1) is 20.1. The van der Waals surface area contributed by atoms with Crippen LogP contribution in [-0.2, 0) is 22.6 Å². The number of hydrogen-bond acceptors (Lipinski definition) is 7. The molecule has 1 aliphatic carbocycles. The van der Waals surface area contributed by atoms with Gasteiger partial charge < -0.3 is 29.6 Å². The van der Waals surface area contributed by atoms with Crippen molar-refractivity contribution in [3.05, 3.63) is 83.6 Å². The first-order valence-corrected chi connectivity index (χ1v) is 14.8. The van der Waals surface area contributed by atoms with Crippen molar-refractivity contribution in [1.82, 2.24) is 9.88 Å². The Morgan fingerprint density at radius 2 is 1.60 bits per heavy atom. The van der Waals surface area contributed by atoms with Crippen LogP contribution in [0.25, 0.3) is 0 Å². The number of anilines is 1. The minimum Gasteiger partial charge on any atom is -0.444 e. The lowest BCUT2D eigenvalue weighted by atomic mass is 10.0. The molecule has 42 heavy (non-hydrogen) atoms. The molecule has 9 heteroatoms. The molecule has 0 aliphatic heterocycles. The van der Waals surface area contributed by atoms with Crippen molar-refractivity contribution >= 4 is 17.7 Å². The predicted molar refractivity (Wildman–Crippen MR) is 162 cm³/mol. The third-order valence-electron chi connectivity index (χ3n) is 6.73. The number of carbonyl (C=O) groups is 2. The average molecular weight is 580 g/mol. The highest BCUT2D eigenvalue weighted by molar-refractivity contribution is 5.91. The van der Waals surface area contributed by atoms with E-state index in [0.717, 1.165) is 5.56 Å². The van der Waals surface area contributed by atoms with E-state index in [4.69, 9.17) is 14.3 Å². The van der Waals surface area contributed by atoms with Crippen molar-refractivity contribution in [2.75, 3.05) is 18.4 Å². The summed E-state index contributed by atoms with van der Waals surface area (Å²) in [5, 5.41) is 22.4. The van der Waals surface area contributed by atoms with Crippen LogP contribution in [-0.4, -0.2) is 50.8 Å². The molecule has 4 rings (SSSR count). The van der Waals surface area contributed by atoms with Gasteiger partial charge in [-0.15, -0.1) is 0 Å². The van der Waals surface area contributed by atoms with Gasteiger partial charge in [-0.2, -0.15) is 0 Å². The Hall–Kier alpha value is -3.69. The molecule has 1 heterocycles. The second-order valence-corrected chi connectivity index (χ2v) is 11.5. The summed E-state index contributed by atoms with van der Waals surface area (Å²) in [7, 11) is 0. The molecule has 0 saturated heterocycles. The highest BCUT2D eigenvalue weighted by Gasteiger charge is 2.24. The van der Waals surface area contributed by atoms with Gasteiger partial charge in [0, 0.05) is 31.6 Å². The van der Waals surface area contributed by atoms with Crippen LogP contribution < -0.4 is 5.32 Å². The zero-order valence-corrected chi connectivity index (χ0v) is 25.1. The Kier molecular flexibility index (Phi) is 13.0. The van der Waals surface area contributed by atoms with Crippen LogP contribution >= 0.6 is 0 Å². The number of benzene rings is 2. The van der Waals surface area contributed by atoms with Gasteiger partial charge in [0.25, 0.3) is 0 Å². The molecule has 2 amide bonds. The van der Waals surface area contributed by atoms with Crippen LogP contribution in [0.15, 0.2) is 65.2 Å². The third kappa shape index (κ3) is 11.7. The Labute approximate surface area is 248 Å². The van der Waals surface area contributed by atoms with Gasteiger partial charge in [0.15, 0.2) is 6.10 Å². The quantitative estimate of drug-likeness (QED) is 0.254. The molecule has 1 aromatic heterocycles. The zero-order valence-electron chi connectivity index (χ0n) is 25.1. The molecule has 9 nitrogen and oxygen atoms in total. The molecule has 1 fully saturated rings. The van der Waals surface area contributed by atoms with Gasteiger partial charge in [-0.25, -0.2) is 9.78 Å². The summed E-state index contributed by atoms with van der Waals surface area (Å²) in [5.74, 6) is 0.418. The van der Waals surface area contributed by atoms with E-state index in [9.17, 15) is 14.7 Å². The summed E-state index contributed by atoms with van der Waals surface area (Å²) in [6.07, 6.45) is 9.40. The van der Waals surface area contributed by atoms with E-state index in [0.29, 0.717) is 23.4 Å². The minimum atomic E-state index is -0.989. The lowest BCUT2D eigenvalue weighted by molar-refractivity contribution is -0.116. The van der Waals surface area contributed by atoms with Gasteiger partial charge in [-0.3, -0.25) is 4.79 Å². The lowest BCUT2D eigenvalue weighted by Gasteiger charge is -2.27. The SMILES string of the molecule is C1CCCCC1.CC(C)(C)OC(=O)N(CCC(=O)Nc1ccc(CO)cc1)CCc1cnc(C(O)c2ccccc2)o1. The predicted octanol–water partition coefficient (Wildman–Crippen LogP) is 6.40. The van der Waals surface area contributed by atoms with Crippen LogP contribution in [0.3, 0.4) is 0 Å². The van der Waals surface area contributed by atoms with Crippen LogP contribution in [0.1, 0.15) is 94.6 Å². The maximum atomic E-state index is 12.8. The van der Waals surface area contributed by atoms with Gasteiger partial charge in [0.05, 0.1) is 12.8 Å². The number of aliphatic hydroxyl groups excluding tert-OH is 2. The maximum absolute atomic E-state index is 12.8. The number of oxazole rings is 1. The lowest BCUT2D eigenvalue weighted by Crippen LogP contribution is -2.39. The van der Waals surface area contributed by atoms with Crippen molar-refractivity contribution in [3.8, 4) is 0 Å². The van der Waals surface area contributed by atoms with E-state index in [1.807, 2.05) is 18.2 Å². The molecule has 1 saturated carbocycles. The number of hydrogen-bond donors (Lipinski definition) is 3. The molecular formula is C33H45N3O6. The fourth-order valence-corrected chi connectivity index (χ4v) is 4.42. The zero-order chi connectivity index (χ0) is 30.4. The number of aliphatic hydroxyl groups is 2. The number of carbonyl (C=O) groups excluding carboxylic acids is 2. The van der Waals surface area contributed by atoms with E-state index in [2.05, 4.69) is 10.3 Å². The molecule has 3 aromatic rings. The fraction of sp³-hybridized carbons (Fsp3) is 0.485. The third-order valence-corrected chi connectivity index (χ3v) is 6.73. The first-order valence-electron chi connectivity index (χ1n) is 14.8. The summed E-state index contributed by atoms with van der Waals surface area (Å²) in [4.78, 5) is 30.9. The van der Waals surface area contributed by atoms with Crippen LogP contribution in [0.4, 0.5) is 10.5 Å². The van der Waals surface area contributed by atoms with Crippen LogP contribution in [0.5, 0.6) is 0 Å². The molecule has 1 atom stereocenters. The molecular weight excluding hydrogens is 534 g/mol. The molecule has 3 N–H and O–H groups in total. The molecule has 1 aliphatic rings. The van der Waals surface area contributed by atoms with Gasteiger partial charge in [-0.05, 0) is 44.0 Å². The van der Waals surface area contributed by atoms with Crippen molar-refractivity contribution in [1.29, 1.82) is 0 Å². The summed E-state index contributed by atoms with van der Waals surface area (Å²) in [6.45, 7) is 5.64. The van der Waals surface area contributed by atoms with Gasteiger partial charge in [0.1, 0.15) is 11.4 Å². The number of aromatic nitrogens is 1.